The van der Waals surface area contributed by atoms with Crippen LogP contribution in [0.1, 0.15) is 86.3 Å². The molecule has 5 fully saturated rings. The number of halogens is 1. The number of aromatic amines is 5. The summed E-state index contributed by atoms with van der Waals surface area (Å²) in [6, 6.07) is 22.2. The van der Waals surface area contributed by atoms with Crippen LogP contribution in [0, 0.1) is 89.2 Å². The number of hydrogen-bond donors (Lipinski definition) is 5. The zero-order valence-corrected chi connectivity index (χ0v) is 82.3. The van der Waals surface area contributed by atoms with Gasteiger partial charge in [-0.05, 0) is 96.8 Å². The molecule has 15 aromatic rings. The number of hydrogen-bond acceptors (Lipinski definition) is 26. The first-order valence-corrected chi connectivity index (χ1v) is 52.7. The predicted molar refractivity (Wildman–Crippen MR) is 523 cm³/mol. The molecule has 20 heterocycles. The highest BCUT2D eigenvalue weighted by Crippen LogP contribution is 2.47. The number of H-pyrrole nitrogens is 5. The van der Waals surface area contributed by atoms with Gasteiger partial charge in [0.1, 0.15) is 62.3 Å². The number of nitriles is 5. The monoisotopic (exact) mass is 2020 g/mol. The molecule has 141 heavy (non-hydrogen) atoms. The average molecular weight is 2020 g/mol. The molecule has 20 rings (SSSR count). The molecule has 1 atom stereocenters. The number of nitrogens with one attached hydrogen (secondary N) is 5. The van der Waals surface area contributed by atoms with Crippen LogP contribution in [0.25, 0.3) is 125 Å². The Bertz CT molecular complexity index is 8160. The Labute approximate surface area is 816 Å². The van der Waals surface area contributed by atoms with E-state index >= 15 is 0 Å². The van der Waals surface area contributed by atoms with Crippen molar-refractivity contribution in [1.29, 1.82) is 26.3 Å². The predicted octanol–water partition coefficient (Wildman–Crippen LogP) is 11.5. The van der Waals surface area contributed by atoms with Gasteiger partial charge in [0, 0.05) is 224 Å². The van der Waals surface area contributed by atoms with Gasteiger partial charge in [-0.3, -0.25) is 38.4 Å². The minimum Gasteiger partial charge on any atom is -0.346 e. The molecule has 5 N–H and O–H groups in total. The van der Waals surface area contributed by atoms with E-state index in [1.807, 2.05) is 56.4 Å². The maximum atomic E-state index is 12.4. The molecule has 15 aromatic heterocycles. The van der Waals surface area contributed by atoms with Crippen LogP contribution in [0.5, 0.6) is 0 Å². The third kappa shape index (κ3) is 18.1. The molecule has 0 saturated carbocycles. The minimum absolute atomic E-state index is 0.0191. The molecule has 724 valence electrons. The van der Waals surface area contributed by atoms with Crippen LogP contribution in [-0.2, 0) is 77.8 Å². The van der Waals surface area contributed by atoms with Gasteiger partial charge in [0.2, 0.25) is 67.2 Å². The molecule has 0 aliphatic carbocycles. The lowest BCUT2D eigenvalue weighted by Gasteiger charge is -2.50. The van der Waals surface area contributed by atoms with E-state index in [9.17, 15) is 68.4 Å². The van der Waals surface area contributed by atoms with E-state index in [-0.39, 0.29) is 114 Å². The van der Waals surface area contributed by atoms with Gasteiger partial charge < -0.3 is 24.9 Å². The van der Waals surface area contributed by atoms with Crippen molar-refractivity contribution in [3.05, 3.63) is 193 Å². The van der Waals surface area contributed by atoms with Crippen molar-refractivity contribution >= 4 is 134 Å². The third-order valence-electron chi connectivity index (χ3n) is 26.4. The number of aromatic nitrogens is 21. The lowest BCUT2D eigenvalue weighted by atomic mass is 9.80. The topological polar surface area (TPSA) is 564 Å². The molecule has 5 aliphatic heterocycles. The Balaban J connectivity index is 0.000000127. The maximum Gasteiger partial charge on any atom is 0.216 e. The van der Waals surface area contributed by atoms with Gasteiger partial charge in [0.15, 0.2) is 5.15 Å². The summed E-state index contributed by atoms with van der Waals surface area (Å²) in [7, 11) is -16.6. The molecule has 0 spiro atoms. The zero-order chi connectivity index (χ0) is 101. The molecular formula is C91H93ClN34O10S5. The maximum absolute atomic E-state index is 12.4. The van der Waals surface area contributed by atoms with Gasteiger partial charge >= 0.3 is 0 Å². The number of pyridine rings is 4. The molecule has 0 amide bonds. The van der Waals surface area contributed by atoms with E-state index in [1.54, 1.807) is 146 Å². The van der Waals surface area contributed by atoms with Crippen LogP contribution in [0.2, 0.25) is 5.15 Å². The molecule has 5 aliphatic rings. The highest BCUT2D eigenvalue weighted by Gasteiger charge is 2.56. The first kappa shape index (κ1) is 99.2. The number of sulfonamides is 5. The van der Waals surface area contributed by atoms with Crippen molar-refractivity contribution in [3.63, 3.8) is 0 Å². The highest BCUT2D eigenvalue weighted by molar-refractivity contribution is 7.90. The molecule has 0 aromatic carbocycles. The number of nitrogens with zero attached hydrogens (tertiary/aromatic N) is 29. The Morgan fingerprint density at radius 2 is 0.780 bits per heavy atom. The fraction of sp³-hybridized carbons (Fsp3) is 0.374. The fourth-order valence-corrected chi connectivity index (χ4v) is 25.2. The van der Waals surface area contributed by atoms with Crippen molar-refractivity contribution in [3.8, 4) is 86.1 Å². The smallest absolute Gasteiger partial charge is 0.216 e. The van der Waals surface area contributed by atoms with Gasteiger partial charge in [0.05, 0.1) is 140 Å². The second kappa shape index (κ2) is 38.8. The SMILES string of the molecule is CCS(=O)(=O)N1CC(CC#N)(n2cc(-c3ccnc4[nH]ccc34)c(Cl)n2)C1.CCS(=O)(=O)N1CC(CC#N)(n2cc(-c3ncnc4[nH]ccc34)c(C)n2)C1.[C-]#[N+]c1cnc2[nH]ccc2c1-c1cnn(C2(C(C)C#N)CN(S(=O)(=O)CC)C2)c1.[C-]#[N+]c1cnc2[nH]ccc2c1-c1cnn(C2(CC#N)CN(S(=O)(=O)C(C)C)C2)c1.[C-]#[N+]c1cnc2[nH]ccc2c1-c1cnn(C2(CC#N)CN(S(=O)(=O)CCC)C2)c1. The summed E-state index contributed by atoms with van der Waals surface area (Å²) in [5, 5.41) is 73.2. The molecule has 50 heteroatoms. The molecule has 44 nitrogen and oxygen atoms in total. The molecule has 0 bridgehead atoms. The number of rotatable bonds is 26. The zero-order valence-electron chi connectivity index (χ0n) is 77.4. The van der Waals surface area contributed by atoms with E-state index in [2.05, 4.69) is 125 Å². The highest BCUT2D eigenvalue weighted by atomic mass is 35.5. The van der Waals surface area contributed by atoms with Gasteiger partial charge in [-0.1, -0.05) is 18.5 Å². The van der Waals surface area contributed by atoms with Crippen LogP contribution in [-0.4, -0.2) is 261 Å². The first-order chi connectivity index (χ1) is 67.4. The Morgan fingerprint density at radius 3 is 1.18 bits per heavy atom. The molecule has 5 saturated heterocycles. The quantitative estimate of drug-likeness (QED) is 0.0314. The Morgan fingerprint density at radius 1 is 0.418 bits per heavy atom. The van der Waals surface area contributed by atoms with Gasteiger partial charge in [-0.15, -0.1) is 0 Å². The molecule has 1 unspecified atom stereocenters. The summed E-state index contributed by atoms with van der Waals surface area (Å²) in [6.45, 7) is 38.2. The normalized spacial score (nSPS) is 16.8. The van der Waals surface area contributed by atoms with Crippen molar-refractivity contribution in [2.24, 2.45) is 5.92 Å². The summed E-state index contributed by atoms with van der Waals surface area (Å²) in [4.78, 5) is 51.6. The second-order valence-electron chi connectivity index (χ2n) is 35.2. The first-order valence-electron chi connectivity index (χ1n) is 44.4. The van der Waals surface area contributed by atoms with Crippen molar-refractivity contribution in [2.45, 2.75) is 120 Å². The summed E-state index contributed by atoms with van der Waals surface area (Å²) >= 11 is 6.41. The Kier molecular flexibility index (Phi) is 27.3. The largest absolute Gasteiger partial charge is 0.346 e. The van der Waals surface area contributed by atoms with Gasteiger partial charge in [-0.2, -0.15) is 73.3 Å². The van der Waals surface area contributed by atoms with E-state index < -0.39 is 89.0 Å². The summed E-state index contributed by atoms with van der Waals surface area (Å²) in [6.07, 6.45) is 31.8. The summed E-state index contributed by atoms with van der Waals surface area (Å²) < 4.78 is 138. The van der Waals surface area contributed by atoms with Crippen LogP contribution < -0.4 is 0 Å². The van der Waals surface area contributed by atoms with Crippen LogP contribution in [0.4, 0.5) is 17.1 Å². The van der Waals surface area contributed by atoms with Crippen LogP contribution in [0.15, 0.2) is 148 Å². The number of fused-ring (bicyclic) bond motifs is 5. The van der Waals surface area contributed by atoms with E-state index in [4.69, 9.17) is 31.3 Å². The minimum atomic E-state index is -3.38. The van der Waals surface area contributed by atoms with E-state index in [1.165, 1.54) is 46.4 Å². The van der Waals surface area contributed by atoms with Crippen LogP contribution >= 0.6 is 11.6 Å². The second-order valence-corrected chi connectivity index (χ2v) is 46.9. The fourth-order valence-electron chi connectivity index (χ4n) is 18.2. The van der Waals surface area contributed by atoms with Gasteiger partial charge in [0.25, 0.3) is 0 Å². The van der Waals surface area contributed by atoms with Crippen molar-refractivity contribution in [1.82, 2.24) is 125 Å². The lowest BCUT2D eigenvalue weighted by molar-refractivity contribution is 0.0357. The average Bonchev–Trinajstić information content (AvgIpc) is 1.73. The summed E-state index contributed by atoms with van der Waals surface area (Å²) in [5.74, 6) is -0.250. The van der Waals surface area contributed by atoms with Crippen LogP contribution in [0.3, 0.4) is 0 Å². The standard InChI is InChI=1S/3C19H19N7O2S.C17H17ClN6O2S.C17H19N7O2S/c1-13(2)29(27,28)25-11-19(12-25,5-6-20)26-10-14(8-24-26)17-15-4-7-22-18(15)23-9-16(17)21-3;1-4-29(27,28)25-11-19(12-25,13(2)7-20)26-10-14(8-24-26)17-15-5-6-22-18(15)23-9-16(17)21-3;1-3-8-29(27,28)25-12-19(13-25,5-6-20)26-11-14(9-24-26)17-15-4-7-22-18(15)23-10-16(17)21-2;1-2-27(25,26)23-10-17(11-23,5-6-19)24-9-14(15(18)22-24)12-3-7-20-16-13(12)4-8-21-16;1-3-27(25,26)23-9-17(10-23,5-6-18)24-8-14(12(2)22-24)15-13-4-7-19-16(13)21-11-20-15/h4,7-10,13H,5,11-12H2,1-2H3,(H,22,23);5-6,8-10,13H,4,11-12H2,1-2H3,(H,22,23);4,7,9-11H,3,5,8,12-13H2,1H3,(H,22,23);3-4,7-9H,2,5,10-11H2,1H3,(H,20,21);4,7-8,11H,3,5,9-10H2,1-2H3,(H,19,20,21). The van der Waals surface area contributed by atoms with Crippen molar-refractivity contribution in [2.75, 3.05) is 88.5 Å². The Hall–Kier alpha value is -14.8. The molecule has 0 radical (unpaired) electrons. The van der Waals surface area contributed by atoms with Gasteiger partial charge in [-0.25, -0.2) is 71.6 Å². The number of aryl methyl sites for hydroxylation is 1. The van der Waals surface area contributed by atoms with E-state index in [0.717, 1.165) is 99.7 Å². The molecular weight excluding hydrogens is 1930 g/mol. The summed E-state index contributed by atoms with van der Waals surface area (Å²) in [5.41, 5.74) is 9.53. The van der Waals surface area contributed by atoms with E-state index in [0.29, 0.717) is 45.6 Å². The third-order valence-corrected chi connectivity index (χ3v) is 36.1. The lowest BCUT2D eigenvalue weighted by Crippen LogP contribution is -2.67. The van der Waals surface area contributed by atoms with Crippen molar-refractivity contribution < 1.29 is 42.1 Å².